The second-order valence-electron chi connectivity index (χ2n) is 9.70. The van der Waals surface area contributed by atoms with Crippen LogP contribution < -0.4 is 10.0 Å². The molecule has 10 heteroatoms. The van der Waals surface area contributed by atoms with E-state index in [4.69, 9.17) is 16.0 Å². The van der Waals surface area contributed by atoms with Gasteiger partial charge in [-0.15, -0.1) is 5.10 Å². The Morgan fingerprint density at radius 1 is 0.971 bits per heavy atom. The predicted octanol–water partition coefficient (Wildman–Crippen LogP) is 4.50. The smallest absolute Gasteiger partial charge is 0.322 e. The molecule has 2 atom stereocenters. The Balaban J connectivity index is 1.14. The number of hydrogen-bond donors (Lipinski definition) is 2. The Morgan fingerprint density at radius 2 is 1.65 bits per heavy atom. The van der Waals surface area contributed by atoms with Crippen LogP contribution in [0.2, 0.25) is 5.02 Å². The van der Waals surface area contributed by atoms with E-state index in [0.29, 0.717) is 28.3 Å². The fraction of sp³-hybridized carbons (Fsp3) is 0.375. The van der Waals surface area contributed by atoms with E-state index in [1.165, 1.54) is 30.7 Å². The quantitative estimate of drug-likeness (QED) is 0.517. The summed E-state index contributed by atoms with van der Waals surface area (Å²) in [6.45, 7) is 0. The lowest BCUT2D eigenvalue weighted by Crippen LogP contribution is -2.49. The first-order chi connectivity index (χ1) is 16.3. The third-order valence-corrected chi connectivity index (χ3v) is 9.31. The molecule has 1 aromatic heterocycles. The number of carbonyl (C=O) groups excluding carboxylic acids is 1. The number of sulfonamides is 1. The summed E-state index contributed by atoms with van der Waals surface area (Å²) in [5, 5.41) is 10.9. The number of rotatable bonds is 6. The molecule has 4 bridgehead atoms. The molecule has 0 aliphatic heterocycles. The maximum atomic E-state index is 13.1. The van der Waals surface area contributed by atoms with Gasteiger partial charge >= 0.3 is 6.01 Å². The van der Waals surface area contributed by atoms with Crippen molar-refractivity contribution in [3.05, 3.63) is 59.1 Å². The third kappa shape index (κ3) is 3.81. The lowest BCUT2D eigenvalue weighted by molar-refractivity contribution is 0.102. The van der Waals surface area contributed by atoms with Crippen molar-refractivity contribution in [1.29, 1.82) is 0 Å². The lowest BCUT2D eigenvalue weighted by Gasteiger charge is -2.33. The fourth-order valence-electron chi connectivity index (χ4n) is 6.23. The summed E-state index contributed by atoms with van der Waals surface area (Å²) < 4.78 is 34.8. The molecule has 4 fully saturated rings. The zero-order valence-electron chi connectivity index (χ0n) is 18.2. The number of amides is 1. The maximum Gasteiger partial charge on any atom is 0.322 e. The zero-order chi connectivity index (χ0) is 23.5. The minimum Gasteiger partial charge on any atom is -0.403 e. The molecule has 2 N–H and O–H groups in total. The Bertz CT molecular complexity index is 1340. The molecule has 2 aromatic carbocycles. The van der Waals surface area contributed by atoms with Gasteiger partial charge in [0.25, 0.3) is 5.91 Å². The van der Waals surface area contributed by atoms with Gasteiger partial charge in [0.2, 0.25) is 15.9 Å². The Morgan fingerprint density at radius 3 is 2.32 bits per heavy atom. The summed E-state index contributed by atoms with van der Waals surface area (Å²) >= 11 is 5.89. The van der Waals surface area contributed by atoms with Crippen molar-refractivity contribution in [2.24, 2.45) is 17.8 Å². The molecule has 1 amide bonds. The van der Waals surface area contributed by atoms with Gasteiger partial charge in [-0.1, -0.05) is 16.7 Å². The summed E-state index contributed by atoms with van der Waals surface area (Å²) in [5.41, 5.74) is 0.662. The lowest BCUT2D eigenvalue weighted by atomic mass is 9.81. The van der Waals surface area contributed by atoms with Crippen LogP contribution >= 0.6 is 11.6 Å². The number of benzene rings is 2. The third-order valence-electron chi connectivity index (χ3n) is 7.49. The summed E-state index contributed by atoms with van der Waals surface area (Å²) in [6.07, 6.45) is 5.39. The number of carbonyl (C=O) groups is 1. The Hall–Kier alpha value is -2.75. The highest BCUT2D eigenvalue weighted by Crippen LogP contribution is 2.60. The van der Waals surface area contributed by atoms with E-state index in [0.717, 1.165) is 25.7 Å². The van der Waals surface area contributed by atoms with Gasteiger partial charge in [-0.25, -0.2) is 13.1 Å². The van der Waals surface area contributed by atoms with Gasteiger partial charge in [0.1, 0.15) is 0 Å². The number of anilines is 1. The Labute approximate surface area is 202 Å². The molecule has 0 saturated heterocycles. The van der Waals surface area contributed by atoms with Crippen LogP contribution in [-0.2, 0) is 10.0 Å². The van der Waals surface area contributed by atoms with Crippen LogP contribution in [0, 0.1) is 17.8 Å². The van der Waals surface area contributed by atoms with Crippen molar-refractivity contribution in [2.75, 3.05) is 5.32 Å². The maximum absolute atomic E-state index is 13.1. The molecule has 0 radical (unpaired) electrons. The molecular weight excluding hydrogens is 476 g/mol. The van der Waals surface area contributed by atoms with E-state index < -0.39 is 15.9 Å². The van der Waals surface area contributed by atoms with E-state index in [-0.39, 0.29) is 27.9 Å². The van der Waals surface area contributed by atoms with Crippen molar-refractivity contribution in [3.8, 4) is 11.5 Å². The summed E-state index contributed by atoms with van der Waals surface area (Å²) in [4.78, 5) is 12.8. The fourth-order valence-corrected chi connectivity index (χ4v) is 7.83. The number of nitrogens with one attached hydrogen (secondary N) is 2. The first kappa shape index (κ1) is 21.8. The summed E-state index contributed by atoms with van der Waals surface area (Å²) in [5.74, 6) is 1.51. The first-order valence-electron chi connectivity index (χ1n) is 11.3. The van der Waals surface area contributed by atoms with Crippen molar-refractivity contribution in [1.82, 2.24) is 14.9 Å². The molecule has 3 aromatic rings. The second kappa shape index (κ2) is 7.90. The molecule has 7 rings (SSSR count). The zero-order valence-corrected chi connectivity index (χ0v) is 19.8. The molecule has 8 nitrogen and oxygen atoms in total. The minimum atomic E-state index is -3.67. The standard InChI is InChI=1S/C24H23ClN4O4S/c25-19-5-1-17(2-6-19)22-27-28-23(33-22)26-21(30)16-3-7-20(8-4-16)34(31,32)29-24-12-14-9-15(13-24)11-18(24)10-14/h1-8,14-15,18,29H,9-13H2,(H,26,28,30). The van der Waals surface area contributed by atoms with E-state index in [2.05, 4.69) is 20.2 Å². The topological polar surface area (TPSA) is 114 Å². The van der Waals surface area contributed by atoms with E-state index >= 15 is 0 Å². The van der Waals surface area contributed by atoms with Crippen LogP contribution in [0.1, 0.15) is 42.5 Å². The van der Waals surface area contributed by atoms with Crippen molar-refractivity contribution >= 4 is 33.5 Å². The van der Waals surface area contributed by atoms with Gasteiger partial charge < -0.3 is 4.42 Å². The largest absolute Gasteiger partial charge is 0.403 e. The predicted molar refractivity (Wildman–Crippen MR) is 126 cm³/mol. The molecule has 34 heavy (non-hydrogen) atoms. The second-order valence-corrected chi connectivity index (χ2v) is 11.8. The molecule has 1 heterocycles. The highest BCUT2D eigenvalue weighted by atomic mass is 35.5. The average Bonchev–Trinajstić information content (AvgIpc) is 3.42. The monoisotopic (exact) mass is 498 g/mol. The van der Waals surface area contributed by atoms with Crippen LogP contribution in [0.15, 0.2) is 57.8 Å². The van der Waals surface area contributed by atoms with Crippen LogP contribution in [-0.4, -0.2) is 30.1 Å². The van der Waals surface area contributed by atoms with Crippen molar-refractivity contribution in [2.45, 2.75) is 42.5 Å². The summed E-state index contributed by atoms with van der Waals surface area (Å²) in [6, 6.07) is 12.7. The van der Waals surface area contributed by atoms with Gasteiger partial charge in [0.15, 0.2) is 0 Å². The molecular formula is C24H23ClN4O4S. The minimum absolute atomic E-state index is 0.0560. The van der Waals surface area contributed by atoms with Crippen molar-refractivity contribution in [3.63, 3.8) is 0 Å². The first-order valence-corrected chi connectivity index (χ1v) is 13.2. The number of nitrogens with zero attached hydrogens (tertiary/aromatic N) is 2. The van der Waals surface area contributed by atoms with Crippen molar-refractivity contribution < 1.29 is 17.6 Å². The van der Waals surface area contributed by atoms with Crippen LogP contribution in [0.4, 0.5) is 6.01 Å². The number of hydrogen-bond acceptors (Lipinski definition) is 6. The molecule has 176 valence electrons. The average molecular weight is 499 g/mol. The number of aromatic nitrogens is 2. The SMILES string of the molecule is O=C(Nc1nnc(-c2ccc(Cl)cc2)o1)c1ccc(S(=O)(=O)NC23CC4CC(CC2C4)C3)cc1. The Kier molecular flexibility index (Phi) is 5.05. The van der Waals surface area contributed by atoms with E-state index in [1.807, 2.05) is 0 Å². The highest BCUT2D eigenvalue weighted by molar-refractivity contribution is 7.89. The van der Waals surface area contributed by atoms with E-state index in [9.17, 15) is 13.2 Å². The summed E-state index contributed by atoms with van der Waals surface area (Å²) in [7, 11) is -3.67. The van der Waals surface area contributed by atoms with Gasteiger partial charge in [-0.2, -0.15) is 0 Å². The molecule has 2 unspecified atom stereocenters. The van der Waals surface area contributed by atoms with Crippen LogP contribution in [0.3, 0.4) is 0 Å². The molecule has 0 spiro atoms. The van der Waals surface area contributed by atoms with Gasteiger partial charge in [-0.3, -0.25) is 10.1 Å². The van der Waals surface area contributed by atoms with Gasteiger partial charge in [0.05, 0.1) is 4.90 Å². The van der Waals surface area contributed by atoms with Crippen LogP contribution in [0.5, 0.6) is 0 Å². The van der Waals surface area contributed by atoms with Gasteiger partial charge in [-0.05, 0) is 98.4 Å². The van der Waals surface area contributed by atoms with E-state index in [1.54, 1.807) is 24.3 Å². The molecule has 4 aliphatic rings. The molecule has 4 saturated carbocycles. The van der Waals surface area contributed by atoms with Gasteiger partial charge in [0, 0.05) is 21.7 Å². The highest BCUT2D eigenvalue weighted by Gasteiger charge is 2.59. The van der Waals surface area contributed by atoms with Crippen LogP contribution in [0.25, 0.3) is 11.5 Å². The normalized spacial score (nSPS) is 27.3. The number of halogens is 1. The molecule has 4 aliphatic carbocycles.